The van der Waals surface area contributed by atoms with Crippen molar-refractivity contribution in [3.05, 3.63) is 48.6 Å². The van der Waals surface area contributed by atoms with Crippen molar-refractivity contribution >= 4 is 17.9 Å². The molecule has 0 fully saturated rings. The molecule has 0 bridgehead atoms. The number of carbonyl (C=O) groups excluding carboxylic acids is 3. The highest BCUT2D eigenvalue weighted by Crippen LogP contribution is 2.16. The molecule has 0 aliphatic rings. The molecule has 0 spiro atoms. The first-order valence-electron chi connectivity index (χ1n) is 28.1. The summed E-state index contributed by atoms with van der Waals surface area (Å²) in [7, 11) is 0. The zero-order valence-electron chi connectivity index (χ0n) is 43.3. The van der Waals surface area contributed by atoms with Gasteiger partial charge >= 0.3 is 17.9 Å². The normalized spacial score (nSPS) is 12.4. The third kappa shape index (κ3) is 52.2. The number of esters is 3. The van der Waals surface area contributed by atoms with E-state index in [4.69, 9.17) is 14.2 Å². The summed E-state index contributed by atoms with van der Waals surface area (Å²) in [5, 5.41) is 0. The van der Waals surface area contributed by atoms with Crippen LogP contribution in [0.25, 0.3) is 0 Å². The van der Waals surface area contributed by atoms with Gasteiger partial charge in [-0.05, 0) is 77.0 Å². The van der Waals surface area contributed by atoms with Gasteiger partial charge in [-0.3, -0.25) is 14.4 Å². The van der Waals surface area contributed by atoms with Gasteiger partial charge in [0.1, 0.15) is 13.2 Å². The Morgan fingerprint density at radius 2 is 0.569 bits per heavy atom. The van der Waals surface area contributed by atoms with Crippen molar-refractivity contribution in [2.45, 2.75) is 297 Å². The number of carbonyl (C=O) groups is 3. The fourth-order valence-electron chi connectivity index (χ4n) is 8.02. The molecule has 0 rings (SSSR count). The van der Waals surface area contributed by atoms with Crippen LogP contribution in [0.15, 0.2) is 48.6 Å². The molecule has 0 amide bonds. The highest BCUT2D eigenvalue weighted by molar-refractivity contribution is 5.71. The van der Waals surface area contributed by atoms with Crippen LogP contribution in [0.5, 0.6) is 0 Å². The number of rotatable bonds is 51. The van der Waals surface area contributed by atoms with Crippen molar-refractivity contribution in [2.75, 3.05) is 13.2 Å². The summed E-state index contributed by atoms with van der Waals surface area (Å²) in [6, 6.07) is 0. The van der Waals surface area contributed by atoms with E-state index < -0.39 is 6.10 Å². The standard InChI is InChI=1S/C59H106O6/c1-4-7-10-13-16-19-22-24-26-28-29-31-32-34-37-40-43-46-49-52-58(61)64-55-56(54-63-57(60)51-48-45-42-39-36-21-18-15-12-9-6-3)65-59(62)53-50-47-44-41-38-35-33-30-27-25-23-20-17-14-11-8-5-2/h15-16,18-19,24,26,29,31,56H,4-14,17,20-23,25,27-28,30,32-55H2,1-3H3/b18-15-,19-16-,26-24-,31-29-/t56-/m1/s1. The van der Waals surface area contributed by atoms with Gasteiger partial charge in [0.25, 0.3) is 0 Å². The predicted molar refractivity (Wildman–Crippen MR) is 279 cm³/mol. The molecule has 0 aromatic rings. The monoisotopic (exact) mass is 911 g/mol. The molecule has 0 aliphatic carbocycles. The Balaban J connectivity index is 4.34. The molecular weight excluding hydrogens is 805 g/mol. The van der Waals surface area contributed by atoms with Crippen LogP contribution in [0, 0.1) is 0 Å². The van der Waals surface area contributed by atoms with E-state index in [1.807, 2.05) is 0 Å². The molecule has 65 heavy (non-hydrogen) atoms. The maximum atomic E-state index is 12.8. The maximum absolute atomic E-state index is 12.8. The molecule has 378 valence electrons. The first kappa shape index (κ1) is 62.4. The molecule has 0 unspecified atom stereocenters. The Morgan fingerprint density at radius 3 is 0.954 bits per heavy atom. The largest absolute Gasteiger partial charge is 0.462 e. The fourth-order valence-corrected chi connectivity index (χ4v) is 8.02. The third-order valence-electron chi connectivity index (χ3n) is 12.3. The van der Waals surface area contributed by atoms with Gasteiger partial charge in [0.2, 0.25) is 0 Å². The topological polar surface area (TPSA) is 78.9 Å². The number of hydrogen-bond donors (Lipinski definition) is 0. The van der Waals surface area contributed by atoms with Gasteiger partial charge in [0, 0.05) is 19.3 Å². The van der Waals surface area contributed by atoms with Crippen LogP contribution in [0.2, 0.25) is 0 Å². The van der Waals surface area contributed by atoms with Crippen LogP contribution in [-0.2, 0) is 28.6 Å². The lowest BCUT2D eigenvalue weighted by atomic mass is 10.0. The van der Waals surface area contributed by atoms with Crippen LogP contribution in [0.3, 0.4) is 0 Å². The number of ether oxygens (including phenoxy) is 3. The lowest BCUT2D eigenvalue weighted by Crippen LogP contribution is -2.30. The van der Waals surface area contributed by atoms with Crippen molar-refractivity contribution in [3.63, 3.8) is 0 Å². The molecule has 0 N–H and O–H groups in total. The minimum absolute atomic E-state index is 0.0794. The number of unbranched alkanes of at least 4 members (excludes halogenated alkanes) is 32. The number of hydrogen-bond acceptors (Lipinski definition) is 6. The second kappa shape index (κ2) is 54.0. The maximum Gasteiger partial charge on any atom is 0.306 e. The summed E-state index contributed by atoms with van der Waals surface area (Å²) >= 11 is 0. The van der Waals surface area contributed by atoms with Crippen LogP contribution in [0.1, 0.15) is 290 Å². The molecule has 6 heteroatoms. The average molecular weight is 911 g/mol. The fraction of sp³-hybridized carbons (Fsp3) is 0.814. The van der Waals surface area contributed by atoms with E-state index >= 15 is 0 Å². The predicted octanol–water partition coefficient (Wildman–Crippen LogP) is 18.7. The highest BCUT2D eigenvalue weighted by Gasteiger charge is 2.19. The highest BCUT2D eigenvalue weighted by atomic mass is 16.6. The minimum atomic E-state index is -0.779. The molecule has 0 saturated carbocycles. The van der Waals surface area contributed by atoms with E-state index in [0.717, 1.165) is 83.5 Å². The molecule has 0 aromatic carbocycles. The van der Waals surface area contributed by atoms with Crippen LogP contribution >= 0.6 is 0 Å². The lowest BCUT2D eigenvalue weighted by molar-refractivity contribution is -0.167. The van der Waals surface area contributed by atoms with Gasteiger partial charge in [-0.15, -0.1) is 0 Å². The number of allylic oxidation sites excluding steroid dienone is 8. The Hall–Kier alpha value is -2.63. The second-order valence-corrected chi connectivity index (χ2v) is 18.8. The van der Waals surface area contributed by atoms with Crippen molar-refractivity contribution in [3.8, 4) is 0 Å². The summed E-state index contributed by atoms with van der Waals surface area (Å²) < 4.78 is 16.8. The Labute approximate surface area is 403 Å². The molecule has 0 aromatic heterocycles. The Bertz CT molecular complexity index is 1140. The van der Waals surface area contributed by atoms with Gasteiger partial charge in [-0.25, -0.2) is 0 Å². The van der Waals surface area contributed by atoms with Gasteiger partial charge in [0.05, 0.1) is 0 Å². The Morgan fingerprint density at radius 1 is 0.308 bits per heavy atom. The van der Waals surface area contributed by atoms with Gasteiger partial charge in [-0.1, -0.05) is 243 Å². The third-order valence-corrected chi connectivity index (χ3v) is 12.3. The molecule has 0 aliphatic heterocycles. The van der Waals surface area contributed by atoms with E-state index in [2.05, 4.69) is 69.4 Å². The minimum Gasteiger partial charge on any atom is -0.462 e. The van der Waals surface area contributed by atoms with E-state index in [-0.39, 0.29) is 31.1 Å². The van der Waals surface area contributed by atoms with E-state index in [0.29, 0.717) is 19.3 Å². The molecule has 0 heterocycles. The van der Waals surface area contributed by atoms with E-state index in [1.165, 1.54) is 167 Å². The molecule has 0 saturated heterocycles. The zero-order chi connectivity index (χ0) is 47.2. The van der Waals surface area contributed by atoms with Gasteiger partial charge in [0.15, 0.2) is 6.10 Å². The molecule has 1 atom stereocenters. The first-order chi connectivity index (χ1) is 32.0. The van der Waals surface area contributed by atoms with Gasteiger partial charge < -0.3 is 14.2 Å². The van der Waals surface area contributed by atoms with Crippen LogP contribution < -0.4 is 0 Å². The van der Waals surface area contributed by atoms with Crippen molar-refractivity contribution in [1.82, 2.24) is 0 Å². The zero-order valence-corrected chi connectivity index (χ0v) is 43.3. The van der Waals surface area contributed by atoms with Gasteiger partial charge in [-0.2, -0.15) is 0 Å². The van der Waals surface area contributed by atoms with E-state index in [9.17, 15) is 14.4 Å². The summed E-state index contributed by atoms with van der Waals surface area (Å²) in [6.07, 6.45) is 65.2. The average Bonchev–Trinajstić information content (AvgIpc) is 3.30. The SMILES string of the molecule is CCCC/C=C\CCCCCCCC(=O)OC[C@H](COC(=O)CCCCCCCC/C=C\C/C=C\C/C=C\CCCCC)OC(=O)CCCCCCCCCCCCCCCCCCC. The smallest absolute Gasteiger partial charge is 0.306 e. The Kier molecular flexibility index (Phi) is 51.8. The quantitative estimate of drug-likeness (QED) is 0.0262. The summed E-state index contributed by atoms with van der Waals surface area (Å²) in [4.78, 5) is 38.1. The van der Waals surface area contributed by atoms with E-state index in [1.54, 1.807) is 0 Å². The molecular formula is C59H106O6. The van der Waals surface area contributed by atoms with Crippen molar-refractivity contribution in [2.24, 2.45) is 0 Å². The van der Waals surface area contributed by atoms with Crippen LogP contribution in [0.4, 0.5) is 0 Å². The second-order valence-electron chi connectivity index (χ2n) is 18.8. The molecule has 6 nitrogen and oxygen atoms in total. The lowest BCUT2D eigenvalue weighted by Gasteiger charge is -2.18. The van der Waals surface area contributed by atoms with Crippen molar-refractivity contribution in [1.29, 1.82) is 0 Å². The molecule has 0 radical (unpaired) electrons. The van der Waals surface area contributed by atoms with Crippen molar-refractivity contribution < 1.29 is 28.6 Å². The first-order valence-corrected chi connectivity index (χ1v) is 28.1. The summed E-state index contributed by atoms with van der Waals surface area (Å²) in [5.74, 6) is -0.888. The summed E-state index contributed by atoms with van der Waals surface area (Å²) in [5.41, 5.74) is 0. The van der Waals surface area contributed by atoms with Crippen LogP contribution in [-0.4, -0.2) is 37.2 Å². The summed E-state index contributed by atoms with van der Waals surface area (Å²) in [6.45, 7) is 6.58.